The summed E-state index contributed by atoms with van der Waals surface area (Å²) >= 11 is 1.93. The zero-order valence-electron chi connectivity index (χ0n) is 14.4. The van der Waals surface area contributed by atoms with E-state index in [0.717, 1.165) is 5.92 Å². The fourth-order valence-electron chi connectivity index (χ4n) is 3.13. The number of thiophene rings is 1. The van der Waals surface area contributed by atoms with Crippen LogP contribution < -0.4 is 0 Å². The van der Waals surface area contributed by atoms with Crippen LogP contribution in [0.3, 0.4) is 0 Å². The van der Waals surface area contributed by atoms with Gasteiger partial charge < -0.3 is 0 Å². The van der Waals surface area contributed by atoms with Crippen LogP contribution in [0, 0.1) is 5.92 Å². The molecule has 0 radical (unpaired) electrons. The minimum Gasteiger partial charge on any atom is -0.149 e. The van der Waals surface area contributed by atoms with Gasteiger partial charge in [0.15, 0.2) is 0 Å². The Labute approximate surface area is 137 Å². The second-order valence-corrected chi connectivity index (χ2v) is 7.57. The van der Waals surface area contributed by atoms with Gasteiger partial charge in [0.2, 0.25) is 0 Å². The fourth-order valence-corrected chi connectivity index (χ4v) is 3.86. The molecule has 1 rings (SSSR count). The molecule has 0 amide bonds. The summed E-state index contributed by atoms with van der Waals surface area (Å²) in [4.78, 5) is 1.58. The molecule has 0 nitrogen and oxygen atoms in total. The Morgan fingerprint density at radius 3 is 2.00 bits per heavy atom. The van der Waals surface area contributed by atoms with Crippen molar-refractivity contribution >= 4 is 11.3 Å². The van der Waals surface area contributed by atoms with E-state index in [1.54, 1.807) is 4.88 Å². The highest BCUT2D eigenvalue weighted by molar-refractivity contribution is 7.09. The first-order valence-electron chi connectivity index (χ1n) is 9.39. The van der Waals surface area contributed by atoms with Crippen molar-refractivity contribution in [3.05, 3.63) is 22.4 Å². The molecule has 1 unspecified atom stereocenters. The molecule has 0 spiro atoms. The number of aryl methyl sites for hydroxylation is 1. The highest BCUT2D eigenvalue weighted by Crippen LogP contribution is 2.24. The molecule has 1 heterocycles. The first-order chi connectivity index (χ1) is 10.4. The molecule has 0 bridgehead atoms. The lowest BCUT2D eigenvalue weighted by atomic mass is 9.90. The van der Waals surface area contributed by atoms with Gasteiger partial charge in [0.05, 0.1) is 0 Å². The molecule has 0 aliphatic heterocycles. The standard InChI is InChI=1S/C20H36S/c1-3-5-7-9-11-14-19(13-10-8-6-4-2)16-17-20-15-12-18-21-20/h12,15,18-19H,3-11,13-14,16-17H2,1-2H3. The topological polar surface area (TPSA) is 0 Å². The molecule has 1 heteroatoms. The highest BCUT2D eigenvalue weighted by atomic mass is 32.1. The first-order valence-corrected chi connectivity index (χ1v) is 10.3. The van der Waals surface area contributed by atoms with Crippen molar-refractivity contribution in [2.75, 3.05) is 0 Å². The second-order valence-electron chi connectivity index (χ2n) is 6.54. The molecular weight excluding hydrogens is 272 g/mol. The van der Waals surface area contributed by atoms with Crippen molar-refractivity contribution in [2.24, 2.45) is 5.92 Å². The summed E-state index contributed by atoms with van der Waals surface area (Å²) in [5, 5.41) is 2.22. The Kier molecular flexibility index (Phi) is 11.9. The van der Waals surface area contributed by atoms with E-state index >= 15 is 0 Å². The number of hydrogen-bond acceptors (Lipinski definition) is 1. The van der Waals surface area contributed by atoms with E-state index in [2.05, 4.69) is 31.4 Å². The molecule has 0 N–H and O–H groups in total. The summed E-state index contributed by atoms with van der Waals surface area (Å²) in [6, 6.07) is 4.50. The zero-order chi connectivity index (χ0) is 15.2. The lowest BCUT2D eigenvalue weighted by molar-refractivity contribution is 0.383. The molecule has 0 aliphatic carbocycles. The van der Waals surface area contributed by atoms with Crippen molar-refractivity contribution in [3.8, 4) is 0 Å². The second kappa shape index (κ2) is 13.4. The number of unbranched alkanes of at least 4 members (excludes halogenated alkanes) is 7. The largest absolute Gasteiger partial charge is 0.149 e. The number of rotatable bonds is 14. The van der Waals surface area contributed by atoms with Crippen molar-refractivity contribution in [2.45, 2.75) is 97.3 Å². The van der Waals surface area contributed by atoms with E-state index < -0.39 is 0 Å². The summed E-state index contributed by atoms with van der Waals surface area (Å²) in [5.74, 6) is 0.977. The van der Waals surface area contributed by atoms with Gasteiger partial charge in [-0.1, -0.05) is 90.5 Å². The van der Waals surface area contributed by atoms with Crippen LogP contribution in [0.4, 0.5) is 0 Å². The van der Waals surface area contributed by atoms with Crippen LogP contribution >= 0.6 is 11.3 Å². The van der Waals surface area contributed by atoms with Crippen LogP contribution in [0.15, 0.2) is 17.5 Å². The van der Waals surface area contributed by atoms with Crippen LogP contribution in [0.1, 0.15) is 95.8 Å². The molecule has 1 aromatic heterocycles. The average Bonchev–Trinajstić information content (AvgIpc) is 3.01. The van der Waals surface area contributed by atoms with Gasteiger partial charge in [-0.2, -0.15) is 0 Å². The number of hydrogen-bond donors (Lipinski definition) is 0. The molecule has 0 aromatic carbocycles. The Hall–Kier alpha value is -0.300. The third-order valence-corrected chi connectivity index (χ3v) is 5.50. The molecule has 0 saturated carbocycles. The van der Waals surface area contributed by atoms with Crippen molar-refractivity contribution in [1.82, 2.24) is 0 Å². The molecule has 1 aromatic rings. The van der Waals surface area contributed by atoms with Crippen LogP contribution in [0.25, 0.3) is 0 Å². The predicted molar refractivity (Wildman–Crippen MR) is 98.3 cm³/mol. The van der Waals surface area contributed by atoms with E-state index in [4.69, 9.17) is 0 Å². The van der Waals surface area contributed by atoms with Gasteiger partial charge in [0, 0.05) is 4.88 Å². The molecule has 0 aliphatic rings. The maximum absolute atomic E-state index is 2.31. The Bertz CT molecular complexity index is 302. The maximum atomic E-state index is 2.31. The zero-order valence-corrected chi connectivity index (χ0v) is 15.2. The average molecular weight is 309 g/mol. The van der Waals surface area contributed by atoms with E-state index in [-0.39, 0.29) is 0 Å². The van der Waals surface area contributed by atoms with Gasteiger partial charge >= 0.3 is 0 Å². The van der Waals surface area contributed by atoms with Crippen LogP contribution in [0.2, 0.25) is 0 Å². The Morgan fingerprint density at radius 2 is 1.43 bits per heavy atom. The normalized spacial score (nSPS) is 12.7. The summed E-state index contributed by atoms with van der Waals surface area (Å²) in [7, 11) is 0. The van der Waals surface area contributed by atoms with E-state index in [1.165, 1.54) is 83.5 Å². The lowest BCUT2D eigenvalue weighted by Gasteiger charge is -2.16. The van der Waals surface area contributed by atoms with Gasteiger partial charge in [-0.3, -0.25) is 0 Å². The molecule has 1 atom stereocenters. The molecule has 0 saturated heterocycles. The minimum absolute atomic E-state index is 0.977. The third kappa shape index (κ3) is 10.1. The van der Waals surface area contributed by atoms with E-state index in [1.807, 2.05) is 11.3 Å². The van der Waals surface area contributed by atoms with Crippen molar-refractivity contribution in [1.29, 1.82) is 0 Å². The minimum atomic E-state index is 0.977. The van der Waals surface area contributed by atoms with Crippen LogP contribution in [-0.2, 0) is 6.42 Å². The quantitative estimate of drug-likeness (QED) is 0.310. The molecule has 0 fully saturated rings. The van der Waals surface area contributed by atoms with E-state index in [0.29, 0.717) is 0 Å². The van der Waals surface area contributed by atoms with Gasteiger partial charge in [-0.05, 0) is 30.2 Å². The van der Waals surface area contributed by atoms with Crippen LogP contribution in [-0.4, -0.2) is 0 Å². The van der Waals surface area contributed by atoms with Crippen molar-refractivity contribution in [3.63, 3.8) is 0 Å². The predicted octanol–water partition coefficient (Wildman–Crippen LogP) is 7.63. The van der Waals surface area contributed by atoms with Crippen molar-refractivity contribution < 1.29 is 0 Å². The summed E-state index contributed by atoms with van der Waals surface area (Å²) in [6.07, 6.45) is 18.5. The van der Waals surface area contributed by atoms with Crippen LogP contribution in [0.5, 0.6) is 0 Å². The smallest absolute Gasteiger partial charge is 0.00453 e. The summed E-state index contributed by atoms with van der Waals surface area (Å²) in [5.41, 5.74) is 0. The summed E-state index contributed by atoms with van der Waals surface area (Å²) < 4.78 is 0. The Morgan fingerprint density at radius 1 is 0.810 bits per heavy atom. The van der Waals surface area contributed by atoms with Gasteiger partial charge in [-0.25, -0.2) is 0 Å². The fraction of sp³-hybridized carbons (Fsp3) is 0.800. The van der Waals surface area contributed by atoms with Gasteiger partial charge in [-0.15, -0.1) is 11.3 Å². The monoisotopic (exact) mass is 308 g/mol. The Balaban J connectivity index is 2.20. The summed E-state index contributed by atoms with van der Waals surface area (Å²) in [6.45, 7) is 4.61. The third-order valence-electron chi connectivity index (χ3n) is 4.56. The lowest BCUT2D eigenvalue weighted by Crippen LogP contribution is -2.03. The van der Waals surface area contributed by atoms with E-state index in [9.17, 15) is 0 Å². The molecular formula is C20H36S. The van der Waals surface area contributed by atoms with Gasteiger partial charge in [0.1, 0.15) is 0 Å². The molecule has 21 heavy (non-hydrogen) atoms. The molecule has 122 valence electrons. The SMILES string of the molecule is CCCCCCCC(CCCCCC)CCc1cccs1. The first kappa shape index (κ1) is 18.7. The highest BCUT2D eigenvalue weighted by Gasteiger charge is 2.09. The maximum Gasteiger partial charge on any atom is 0.00453 e. The van der Waals surface area contributed by atoms with Gasteiger partial charge in [0.25, 0.3) is 0 Å².